The van der Waals surface area contributed by atoms with Crippen LogP contribution in [0.15, 0.2) is 41.3 Å². The summed E-state index contributed by atoms with van der Waals surface area (Å²) in [5, 5.41) is 4.01. The minimum absolute atomic E-state index is 0.0154. The third-order valence-electron chi connectivity index (χ3n) is 4.10. The molecule has 0 aliphatic heterocycles. The van der Waals surface area contributed by atoms with Crippen molar-refractivity contribution < 1.29 is 17.4 Å². The van der Waals surface area contributed by atoms with Crippen molar-refractivity contribution in [3.05, 3.63) is 36.4 Å². The third kappa shape index (κ3) is 3.38. The molecule has 2 aromatic rings. The zero-order valence-electron chi connectivity index (χ0n) is 13.7. The highest BCUT2D eigenvalue weighted by molar-refractivity contribution is 7.87. The molecule has 2 aromatic carbocycles. The van der Waals surface area contributed by atoms with E-state index in [2.05, 4.69) is 9.50 Å². The first-order chi connectivity index (χ1) is 10.7. The van der Waals surface area contributed by atoms with E-state index in [1.54, 1.807) is 24.3 Å². The van der Waals surface area contributed by atoms with Gasteiger partial charge in [0.1, 0.15) is 4.90 Å². The standard InChI is InChI=1S/C17H21NO4S/c1-5-17(2,3)16(19)18-14-11-10-12-8-6-7-9-13(12)15(14)23(20,21)22-4/h6-11H,5H2,1-4H3,(H,18,19). The smallest absolute Gasteiger partial charge is 0.299 e. The summed E-state index contributed by atoms with van der Waals surface area (Å²) >= 11 is 0. The first-order valence-electron chi connectivity index (χ1n) is 7.37. The van der Waals surface area contributed by atoms with Gasteiger partial charge in [0.2, 0.25) is 5.91 Å². The van der Waals surface area contributed by atoms with Gasteiger partial charge in [-0.3, -0.25) is 8.98 Å². The van der Waals surface area contributed by atoms with Crippen LogP contribution in [-0.4, -0.2) is 21.4 Å². The molecule has 0 aromatic heterocycles. The Bertz CT molecular complexity index is 841. The number of hydrogen-bond donors (Lipinski definition) is 1. The third-order valence-corrected chi connectivity index (χ3v) is 5.47. The lowest BCUT2D eigenvalue weighted by molar-refractivity contribution is -0.124. The van der Waals surface area contributed by atoms with E-state index in [0.717, 1.165) is 12.5 Å². The topological polar surface area (TPSA) is 72.5 Å². The van der Waals surface area contributed by atoms with Crippen molar-refractivity contribution in [3.8, 4) is 0 Å². The fraction of sp³-hybridized carbons (Fsp3) is 0.353. The molecule has 0 bridgehead atoms. The number of hydrogen-bond acceptors (Lipinski definition) is 4. The fourth-order valence-electron chi connectivity index (χ4n) is 2.15. The van der Waals surface area contributed by atoms with Gasteiger partial charge in [0, 0.05) is 10.8 Å². The van der Waals surface area contributed by atoms with E-state index in [1.807, 2.05) is 32.9 Å². The Balaban J connectivity index is 2.65. The Kier molecular flexibility index (Phi) is 4.77. The van der Waals surface area contributed by atoms with Crippen molar-refractivity contribution >= 4 is 32.5 Å². The highest BCUT2D eigenvalue weighted by Gasteiger charge is 2.28. The zero-order chi connectivity index (χ0) is 17.3. The molecule has 0 heterocycles. The second-order valence-corrected chi connectivity index (χ2v) is 7.63. The predicted octanol–water partition coefficient (Wildman–Crippen LogP) is 3.55. The quantitative estimate of drug-likeness (QED) is 0.848. The Hall–Kier alpha value is -1.92. The van der Waals surface area contributed by atoms with Crippen molar-refractivity contribution in [1.82, 2.24) is 0 Å². The molecule has 6 heteroatoms. The van der Waals surface area contributed by atoms with Crippen LogP contribution in [0.4, 0.5) is 5.69 Å². The van der Waals surface area contributed by atoms with Gasteiger partial charge in [0.15, 0.2) is 0 Å². The highest BCUT2D eigenvalue weighted by atomic mass is 32.2. The van der Waals surface area contributed by atoms with Gasteiger partial charge in [0.05, 0.1) is 12.8 Å². The van der Waals surface area contributed by atoms with Crippen LogP contribution in [0.3, 0.4) is 0 Å². The van der Waals surface area contributed by atoms with Crippen molar-refractivity contribution in [2.24, 2.45) is 5.41 Å². The molecular weight excluding hydrogens is 314 g/mol. The molecule has 1 N–H and O–H groups in total. The summed E-state index contributed by atoms with van der Waals surface area (Å²) < 4.78 is 29.4. The average molecular weight is 335 g/mol. The van der Waals surface area contributed by atoms with E-state index >= 15 is 0 Å². The molecule has 0 saturated heterocycles. The molecule has 0 aliphatic rings. The van der Waals surface area contributed by atoms with Gasteiger partial charge < -0.3 is 5.32 Å². The van der Waals surface area contributed by atoms with Gasteiger partial charge in [-0.1, -0.05) is 51.1 Å². The second-order valence-electron chi connectivity index (χ2n) is 5.98. The number of fused-ring (bicyclic) bond motifs is 1. The molecule has 0 fully saturated rings. The Morgan fingerprint density at radius 2 is 1.83 bits per heavy atom. The van der Waals surface area contributed by atoms with Gasteiger partial charge in [-0.05, 0) is 17.9 Å². The Labute approximate surface area is 136 Å². The van der Waals surface area contributed by atoms with Crippen LogP contribution >= 0.6 is 0 Å². The van der Waals surface area contributed by atoms with Gasteiger partial charge in [-0.25, -0.2) is 0 Å². The zero-order valence-corrected chi connectivity index (χ0v) is 14.5. The molecule has 0 atom stereocenters. The number of rotatable bonds is 5. The normalized spacial score (nSPS) is 12.3. The van der Waals surface area contributed by atoms with Gasteiger partial charge in [-0.2, -0.15) is 8.42 Å². The van der Waals surface area contributed by atoms with Gasteiger partial charge >= 0.3 is 0 Å². The summed E-state index contributed by atoms with van der Waals surface area (Å²) in [4.78, 5) is 12.4. The average Bonchev–Trinajstić information content (AvgIpc) is 2.54. The number of carbonyl (C=O) groups is 1. The molecule has 124 valence electrons. The molecule has 0 unspecified atom stereocenters. The summed E-state index contributed by atoms with van der Waals surface area (Å²) in [6, 6.07) is 10.5. The molecule has 23 heavy (non-hydrogen) atoms. The fourth-order valence-corrected chi connectivity index (χ4v) is 3.16. The maximum absolute atomic E-state index is 12.4. The minimum atomic E-state index is -3.97. The maximum atomic E-state index is 12.4. The lowest BCUT2D eigenvalue weighted by Crippen LogP contribution is -2.30. The van der Waals surface area contributed by atoms with E-state index in [9.17, 15) is 13.2 Å². The molecule has 0 radical (unpaired) electrons. The molecule has 5 nitrogen and oxygen atoms in total. The molecule has 0 spiro atoms. The van der Waals surface area contributed by atoms with E-state index in [0.29, 0.717) is 11.8 Å². The predicted molar refractivity (Wildman–Crippen MR) is 90.8 cm³/mol. The van der Waals surface area contributed by atoms with Crippen LogP contribution in [0, 0.1) is 5.41 Å². The van der Waals surface area contributed by atoms with Crippen LogP contribution < -0.4 is 5.32 Å². The van der Waals surface area contributed by atoms with Crippen molar-refractivity contribution in [2.45, 2.75) is 32.1 Å². The molecule has 0 saturated carbocycles. The van der Waals surface area contributed by atoms with Crippen LogP contribution in [0.2, 0.25) is 0 Å². The number of nitrogens with one attached hydrogen (secondary N) is 1. The van der Waals surface area contributed by atoms with Crippen LogP contribution in [0.1, 0.15) is 27.2 Å². The second kappa shape index (κ2) is 6.29. The number of benzene rings is 2. The maximum Gasteiger partial charge on any atom is 0.299 e. The van der Waals surface area contributed by atoms with E-state index in [1.165, 1.54) is 0 Å². The molecular formula is C17H21NO4S. The van der Waals surface area contributed by atoms with Crippen molar-refractivity contribution in [1.29, 1.82) is 0 Å². The van der Waals surface area contributed by atoms with Crippen molar-refractivity contribution in [2.75, 3.05) is 12.4 Å². The van der Waals surface area contributed by atoms with E-state index < -0.39 is 15.5 Å². The first kappa shape index (κ1) is 17.4. The lowest BCUT2D eigenvalue weighted by Gasteiger charge is -2.22. The van der Waals surface area contributed by atoms with Crippen LogP contribution in [-0.2, 0) is 19.1 Å². The Morgan fingerprint density at radius 1 is 1.17 bits per heavy atom. The van der Waals surface area contributed by atoms with E-state index in [-0.39, 0.29) is 16.5 Å². The number of anilines is 1. The lowest BCUT2D eigenvalue weighted by atomic mass is 9.89. The molecule has 1 amide bonds. The minimum Gasteiger partial charge on any atom is -0.324 e. The summed E-state index contributed by atoms with van der Waals surface area (Å²) in [6.07, 6.45) is 0.638. The van der Waals surface area contributed by atoms with Crippen LogP contribution in [0.5, 0.6) is 0 Å². The number of amides is 1. The Morgan fingerprint density at radius 3 is 2.43 bits per heavy atom. The summed E-state index contributed by atoms with van der Waals surface area (Å²) in [6.45, 7) is 5.54. The summed E-state index contributed by atoms with van der Waals surface area (Å²) in [5.41, 5.74) is -0.364. The van der Waals surface area contributed by atoms with Gasteiger partial charge in [0.25, 0.3) is 10.1 Å². The molecule has 2 rings (SSSR count). The summed E-state index contributed by atoms with van der Waals surface area (Å²) in [5.74, 6) is -0.233. The van der Waals surface area contributed by atoms with Crippen molar-refractivity contribution in [3.63, 3.8) is 0 Å². The molecule has 0 aliphatic carbocycles. The SMILES string of the molecule is CCC(C)(C)C(=O)Nc1ccc2ccccc2c1S(=O)(=O)OC. The highest BCUT2D eigenvalue weighted by Crippen LogP contribution is 2.33. The first-order valence-corrected chi connectivity index (χ1v) is 8.77. The largest absolute Gasteiger partial charge is 0.324 e. The summed E-state index contributed by atoms with van der Waals surface area (Å²) in [7, 11) is -2.86. The monoisotopic (exact) mass is 335 g/mol. The van der Waals surface area contributed by atoms with E-state index in [4.69, 9.17) is 0 Å². The number of carbonyl (C=O) groups excluding carboxylic acids is 1. The van der Waals surface area contributed by atoms with Crippen LogP contribution in [0.25, 0.3) is 10.8 Å². The van der Waals surface area contributed by atoms with Gasteiger partial charge in [-0.15, -0.1) is 0 Å².